The summed E-state index contributed by atoms with van der Waals surface area (Å²) in [4.78, 5) is 28.4. The molecule has 3 aromatic carbocycles. The van der Waals surface area contributed by atoms with Crippen molar-refractivity contribution in [2.24, 2.45) is 0 Å². The summed E-state index contributed by atoms with van der Waals surface area (Å²) in [5.74, 6) is -0.318. The summed E-state index contributed by atoms with van der Waals surface area (Å²) in [6.07, 6.45) is 0.982. The number of nitrogens with zero attached hydrogens (tertiary/aromatic N) is 1. The van der Waals surface area contributed by atoms with E-state index >= 15 is 0 Å². The minimum atomic E-state index is -0.760. The van der Waals surface area contributed by atoms with E-state index in [9.17, 15) is 9.59 Å². The van der Waals surface area contributed by atoms with Crippen molar-refractivity contribution in [1.29, 1.82) is 0 Å². The van der Waals surface area contributed by atoms with E-state index in [1.807, 2.05) is 71.6 Å². The van der Waals surface area contributed by atoms with Crippen LogP contribution in [0.1, 0.15) is 29.5 Å². The number of likely N-dealkylation sites (tertiary alicyclic amines) is 1. The quantitative estimate of drug-likeness (QED) is 0.340. The Morgan fingerprint density at radius 3 is 2.21 bits per heavy atom. The molecule has 1 heterocycles. The van der Waals surface area contributed by atoms with Gasteiger partial charge in [-0.1, -0.05) is 89.9 Å². The predicted octanol–water partition coefficient (Wildman–Crippen LogP) is 5.40. The highest BCUT2D eigenvalue weighted by Gasteiger charge is 2.45. The molecule has 1 amide bonds. The third-order valence-corrected chi connectivity index (χ3v) is 7.80. The third-order valence-electron chi connectivity index (χ3n) is 7.06. The zero-order valence-corrected chi connectivity index (χ0v) is 22.9. The Labute approximate surface area is 233 Å². The van der Waals surface area contributed by atoms with Crippen LogP contribution in [0.3, 0.4) is 0 Å². The molecule has 1 N–H and O–H groups in total. The van der Waals surface area contributed by atoms with Crippen LogP contribution in [0.15, 0.2) is 78.9 Å². The molecule has 8 heteroatoms. The Morgan fingerprint density at radius 1 is 0.921 bits per heavy atom. The van der Waals surface area contributed by atoms with Crippen molar-refractivity contribution in [2.75, 3.05) is 26.8 Å². The highest BCUT2D eigenvalue weighted by molar-refractivity contribution is 6.42. The van der Waals surface area contributed by atoms with Gasteiger partial charge in [-0.3, -0.25) is 14.9 Å². The van der Waals surface area contributed by atoms with Gasteiger partial charge >= 0.3 is 5.97 Å². The zero-order valence-electron chi connectivity index (χ0n) is 21.4. The Bertz CT molecular complexity index is 1220. The molecule has 1 fully saturated rings. The van der Waals surface area contributed by atoms with Crippen molar-refractivity contribution in [3.8, 4) is 0 Å². The van der Waals surface area contributed by atoms with Crippen LogP contribution >= 0.6 is 23.2 Å². The van der Waals surface area contributed by atoms with E-state index in [1.54, 1.807) is 12.1 Å². The van der Waals surface area contributed by atoms with Gasteiger partial charge in [-0.25, -0.2) is 0 Å². The lowest BCUT2D eigenvalue weighted by Crippen LogP contribution is -2.54. The first-order valence-corrected chi connectivity index (χ1v) is 13.4. The molecule has 1 aliphatic heterocycles. The highest BCUT2D eigenvalue weighted by Crippen LogP contribution is 2.37. The number of ether oxygens (including phenoxy) is 2. The molecule has 1 unspecified atom stereocenters. The SMILES string of the molecule is COC(=O)C1(c2ccccc2)CCN(C(=O)C(COCc2ccc(Cl)c(Cl)c2)NCc2ccccc2)CC1. The van der Waals surface area contributed by atoms with Crippen LogP contribution in [-0.2, 0) is 37.6 Å². The summed E-state index contributed by atoms with van der Waals surface area (Å²) in [5, 5.41) is 4.32. The van der Waals surface area contributed by atoms with E-state index in [0.717, 1.165) is 16.7 Å². The minimum absolute atomic E-state index is 0.0541. The van der Waals surface area contributed by atoms with Crippen molar-refractivity contribution in [1.82, 2.24) is 10.2 Å². The fourth-order valence-corrected chi connectivity index (χ4v) is 5.19. The van der Waals surface area contributed by atoms with E-state index in [2.05, 4.69) is 5.32 Å². The molecule has 38 heavy (non-hydrogen) atoms. The first-order chi connectivity index (χ1) is 18.4. The van der Waals surface area contributed by atoms with Gasteiger partial charge in [0.05, 0.1) is 35.8 Å². The van der Waals surface area contributed by atoms with E-state index in [4.69, 9.17) is 32.7 Å². The fraction of sp³-hybridized carbons (Fsp3) is 0.333. The molecule has 0 radical (unpaired) electrons. The summed E-state index contributed by atoms with van der Waals surface area (Å²) in [5.41, 5.74) is 2.10. The molecule has 0 spiro atoms. The molecule has 3 aromatic rings. The van der Waals surface area contributed by atoms with Gasteiger partial charge in [0.15, 0.2) is 0 Å². The highest BCUT2D eigenvalue weighted by atomic mass is 35.5. The first kappa shape index (κ1) is 28.1. The number of methoxy groups -OCH3 is 1. The molecular weight excluding hydrogens is 523 g/mol. The van der Waals surface area contributed by atoms with Gasteiger partial charge in [-0.05, 0) is 41.7 Å². The van der Waals surface area contributed by atoms with Gasteiger partial charge in [0, 0.05) is 19.6 Å². The maximum atomic E-state index is 13.7. The molecule has 0 aromatic heterocycles. The lowest BCUT2D eigenvalue weighted by atomic mass is 9.72. The van der Waals surface area contributed by atoms with Gasteiger partial charge in [0.2, 0.25) is 5.91 Å². The molecular formula is C30H32Cl2N2O4. The van der Waals surface area contributed by atoms with Crippen molar-refractivity contribution in [2.45, 2.75) is 37.5 Å². The summed E-state index contributed by atoms with van der Waals surface area (Å²) in [7, 11) is 1.42. The molecule has 200 valence electrons. The minimum Gasteiger partial charge on any atom is -0.468 e. The number of piperidine rings is 1. The summed E-state index contributed by atoms with van der Waals surface area (Å²) in [6, 6.07) is 24.4. The number of halogens is 2. The molecule has 0 saturated carbocycles. The number of benzene rings is 3. The maximum Gasteiger partial charge on any atom is 0.316 e. The second-order valence-corrected chi connectivity index (χ2v) is 10.3. The summed E-state index contributed by atoms with van der Waals surface area (Å²) < 4.78 is 11.2. The summed E-state index contributed by atoms with van der Waals surface area (Å²) >= 11 is 12.1. The number of esters is 1. The number of amides is 1. The van der Waals surface area contributed by atoms with Crippen molar-refractivity contribution in [3.63, 3.8) is 0 Å². The molecule has 1 saturated heterocycles. The normalized spacial score (nSPS) is 15.6. The Hall–Kier alpha value is -2.90. The van der Waals surface area contributed by atoms with E-state index in [0.29, 0.717) is 49.1 Å². The van der Waals surface area contributed by atoms with Gasteiger partial charge in [0.25, 0.3) is 0 Å². The first-order valence-electron chi connectivity index (χ1n) is 12.6. The van der Waals surface area contributed by atoms with Crippen molar-refractivity contribution >= 4 is 35.1 Å². The lowest BCUT2D eigenvalue weighted by Gasteiger charge is -2.41. The average molecular weight is 556 g/mol. The number of hydrogen-bond acceptors (Lipinski definition) is 5. The van der Waals surface area contributed by atoms with E-state index < -0.39 is 11.5 Å². The standard InChI is InChI=1S/C30H32Cl2N2O4/c1-37-29(36)30(24-10-6-3-7-11-24)14-16-34(17-15-30)28(35)27(33-19-22-8-4-2-5-9-22)21-38-20-23-12-13-25(31)26(32)18-23/h2-13,18,27,33H,14-17,19-21H2,1H3. The number of rotatable bonds is 10. The van der Waals surface area contributed by atoms with Crippen LogP contribution in [0.5, 0.6) is 0 Å². The van der Waals surface area contributed by atoms with E-state index in [1.165, 1.54) is 7.11 Å². The van der Waals surface area contributed by atoms with Crippen LogP contribution < -0.4 is 5.32 Å². The second kappa shape index (κ2) is 13.3. The van der Waals surface area contributed by atoms with Gasteiger partial charge in [-0.2, -0.15) is 0 Å². The van der Waals surface area contributed by atoms with Gasteiger partial charge < -0.3 is 14.4 Å². The van der Waals surface area contributed by atoms with Crippen LogP contribution in [0.2, 0.25) is 10.0 Å². The Kier molecular flexibility index (Phi) is 9.80. The molecule has 0 bridgehead atoms. The molecule has 4 rings (SSSR count). The Balaban J connectivity index is 1.44. The van der Waals surface area contributed by atoms with Crippen molar-refractivity contribution < 1.29 is 19.1 Å². The van der Waals surface area contributed by atoms with Crippen molar-refractivity contribution in [3.05, 3.63) is 106 Å². The monoisotopic (exact) mass is 554 g/mol. The third kappa shape index (κ3) is 6.75. The number of nitrogens with one attached hydrogen (secondary N) is 1. The van der Waals surface area contributed by atoms with E-state index in [-0.39, 0.29) is 18.5 Å². The molecule has 0 aliphatic carbocycles. The number of carbonyl (C=O) groups is 2. The van der Waals surface area contributed by atoms with Gasteiger partial charge in [0.1, 0.15) is 6.04 Å². The van der Waals surface area contributed by atoms with Crippen LogP contribution in [0, 0.1) is 0 Å². The smallest absolute Gasteiger partial charge is 0.316 e. The average Bonchev–Trinajstić information content (AvgIpc) is 2.97. The largest absolute Gasteiger partial charge is 0.468 e. The fourth-order valence-electron chi connectivity index (χ4n) is 4.87. The van der Waals surface area contributed by atoms with Crippen LogP contribution in [0.25, 0.3) is 0 Å². The molecule has 1 aliphatic rings. The number of carbonyl (C=O) groups excluding carboxylic acids is 2. The summed E-state index contributed by atoms with van der Waals surface area (Å²) in [6.45, 7) is 1.89. The Morgan fingerprint density at radius 2 is 1.58 bits per heavy atom. The van der Waals surface area contributed by atoms with Crippen LogP contribution in [-0.4, -0.2) is 49.6 Å². The second-order valence-electron chi connectivity index (χ2n) is 9.45. The topological polar surface area (TPSA) is 67.9 Å². The maximum absolute atomic E-state index is 13.7. The molecule has 1 atom stereocenters. The van der Waals surface area contributed by atoms with Gasteiger partial charge in [-0.15, -0.1) is 0 Å². The lowest BCUT2D eigenvalue weighted by molar-refractivity contribution is -0.152. The predicted molar refractivity (Wildman–Crippen MR) is 149 cm³/mol. The van der Waals surface area contributed by atoms with Crippen LogP contribution in [0.4, 0.5) is 0 Å². The zero-order chi connectivity index (χ0) is 27.0. The molecule has 6 nitrogen and oxygen atoms in total. The number of hydrogen-bond donors (Lipinski definition) is 1.